The second-order valence-electron chi connectivity index (χ2n) is 5.65. The monoisotopic (exact) mass is 275 g/mol. The molecule has 1 N–H and O–H groups in total. The summed E-state index contributed by atoms with van der Waals surface area (Å²) < 4.78 is 10.5. The molecule has 0 radical (unpaired) electrons. The van der Waals surface area contributed by atoms with Gasteiger partial charge in [-0.25, -0.2) is 9.59 Å². The van der Waals surface area contributed by atoms with Crippen molar-refractivity contribution in [2.75, 3.05) is 13.7 Å². The van der Waals surface area contributed by atoms with Crippen LogP contribution in [0.2, 0.25) is 0 Å². The van der Waals surface area contributed by atoms with Crippen LogP contribution in [0.5, 0.6) is 0 Å². The zero-order chi connectivity index (χ0) is 15.2. The first-order valence-electron chi connectivity index (χ1n) is 6.35. The van der Waals surface area contributed by atoms with Crippen molar-refractivity contribution in [2.45, 2.75) is 58.8 Å². The zero-order valence-electron chi connectivity index (χ0n) is 12.6. The lowest BCUT2D eigenvalue weighted by Gasteiger charge is -2.28. The van der Waals surface area contributed by atoms with Gasteiger partial charge in [-0.1, -0.05) is 0 Å². The van der Waals surface area contributed by atoms with E-state index < -0.39 is 23.7 Å². The van der Waals surface area contributed by atoms with E-state index in [2.05, 4.69) is 0 Å². The molecule has 0 rings (SSSR count). The van der Waals surface area contributed by atoms with Crippen LogP contribution in [0.25, 0.3) is 0 Å². The molecule has 0 aliphatic heterocycles. The Morgan fingerprint density at radius 2 is 1.79 bits per heavy atom. The summed E-state index contributed by atoms with van der Waals surface area (Å²) in [7, 11) is 1.42. The molecule has 0 saturated heterocycles. The maximum absolute atomic E-state index is 11.8. The maximum Gasteiger partial charge on any atom is 0.410 e. The van der Waals surface area contributed by atoms with Gasteiger partial charge in [-0.05, 0) is 34.6 Å². The van der Waals surface area contributed by atoms with E-state index in [0.29, 0.717) is 0 Å². The summed E-state index contributed by atoms with van der Waals surface area (Å²) in [6, 6.07) is -0.950. The van der Waals surface area contributed by atoms with E-state index in [-0.39, 0.29) is 19.1 Å². The molecule has 0 aromatic rings. The Hall–Kier alpha value is -1.30. The van der Waals surface area contributed by atoms with Crippen LogP contribution in [-0.2, 0) is 14.3 Å². The minimum Gasteiger partial charge on any atom is -0.480 e. The number of likely N-dealkylation sites (N-methyl/N-ethyl adjacent to an activating group) is 1. The molecule has 0 aliphatic carbocycles. The third-order valence-corrected chi connectivity index (χ3v) is 2.28. The van der Waals surface area contributed by atoms with E-state index in [9.17, 15) is 9.59 Å². The number of carbonyl (C=O) groups excluding carboxylic acids is 1. The molecule has 0 spiro atoms. The minimum absolute atomic E-state index is 0.0290. The quantitative estimate of drug-likeness (QED) is 0.803. The average Bonchev–Trinajstić information content (AvgIpc) is 2.20. The highest BCUT2D eigenvalue weighted by molar-refractivity contribution is 5.79. The van der Waals surface area contributed by atoms with Crippen LogP contribution < -0.4 is 0 Å². The number of aliphatic carboxylic acids is 1. The summed E-state index contributed by atoms with van der Waals surface area (Å²) in [5.41, 5.74) is -0.650. The van der Waals surface area contributed by atoms with Crippen molar-refractivity contribution in [2.24, 2.45) is 0 Å². The number of ether oxygens (including phenoxy) is 2. The Balaban J connectivity index is 4.52. The Morgan fingerprint density at radius 1 is 1.26 bits per heavy atom. The second kappa shape index (κ2) is 7.33. The van der Waals surface area contributed by atoms with Gasteiger partial charge in [0.05, 0.1) is 6.10 Å². The molecule has 0 saturated carbocycles. The van der Waals surface area contributed by atoms with Gasteiger partial charge in [0.1, 0.15) is 11.6 Å². The molecule has 0 fully saturated rings. The molecular weight excluding hydrogens is 250 g/mol. The van der Waals surface area contributed by atoms with E-state index in [4.69, 9.17) is 14.6 Å². The molecule has 0 aliphatic rings. The van der Waals surface area contributed by atoms with Crippen molar-refractivity contribution in [1.82, 2.24) is 4.90 Å². The molecule has 19 heavy (non-hydrogen) atoms. The first-order chi connectivity index (χ1) is 8.54. The summed E-state index contributed by atoms with van der Waals surface area (Å²) in [5, 5.41) is 9.15. The maximum atomic E-state index is 11.8. The molecular formula is C13H25NO5. The third kappa shape index (κ3) is 7.66. The number of amides is 1. The standard InChI is InChI=1S/C13H25NO5/c1-9(2)18-8-7-10(11(15)16)14(6)12(17)19-13(3,4)5/h9-10H,7-8H2,1-6H3,(H,15,16)/t10-/m0/s1. The molecule has 1 amide bonds. The van der Waals surface area contributed by atoms with E-state index in [0.717, 1.165) is 4.90 Å². The summed E-state index contributed by atoms with van der Waals surface area (Å²) >= 11 is 0. The summed E-state index contributed by atoms with van der Waals surface area (Å²) in [5.74, 6) is -1.07. The molecule has 112 valence electrons. The lowest BCUT2D eigenvalue weighted by Crippen LogP contribution is -2.45. The Labute approximate surface area is 114 Å². The molecule has 0 bridgehead atoms. The summed E-state index contributed by atoms with van der Waals surface area (Å²) in [6.45, 7) is 9.21. The Bertz CT molecular complexity index is 309. The lowest BCUT2D eigenvalue weighted by atomic mass is 10.2. The fraction of sp³-hybridized carbons (Fsp3) is 0.846. The fourth-order valence-electron chi connectivity index (χ4n) is 1.36. The van der Waals surface area contributed by atoms with Crippen molar-refractivity contribution < 1.29 is 24.2 Å². The molecule has 1 atom stereocenters. The average molecular weight is 275 g/mol. The van der Waals surface area contributed by atoms with Gasteiger partial charge in [0.2, 0.25) is 0 Å². The smallest absolute Gasteiger partial charge is 0.410 e. The third-order valence-electron chi connectivity index (χ3n) is 2.28. The van der Waals surface area contributed by atoms with E-state index in [1.807, 2.05) is 13.8 Å². The zero-order valence-corrected chi connectivity index (χ0v) is 12.6. The predicted molar refractivity (Wildman–Crippen MR) is 71.1 cm³/mol. The van der Waals surface area contributed by atoms with E-state index in [1.165, 1.54) is 7.05 Å². The van der Waals surface area contributed by atoms with Gasteiger partial charge in [-0.2, -0.15) is 0 Å². The van der Waals surface area contributed by atoms with Crippen molar-refractivity contribution in [3.8, 4) is 0 Å². The Morgan fingerprint density at radius 3 is 2.16 bits per heavy atom. The fourth-order valence-corrected chi connectivity index (χ4v) is 1.36. The topological polar surface area (TPSA) is 76.1 Å². The van der Waals surface area contributed by atoms with Gasteiger partial charge in [0.15, 0.2) is 0 Å². The van der Waals surface area contributed by atoms with Crippen LogP contribution in [0.15, 0.2) is 0 Å². The van der Waals surface area contributed by atoms with E-state index in [1.54, 1.807) is 20.8 Å². The van der Waals surface area contributed by atoms with Crippen molar-refractivity contribution in [3.63, 3.8) is 0 Å². The van der Waals surface area contributed by atoms with Gasteiger partial charge in [-0.15, -0.1) is 0 Å². The van der Waals surface area contributed by atoms with Gasteiger partial charge in [0.25, 0.3) is 0 Å². The number of carboxylic acids is 1. The predicted octanol–water partition coefficient (Wildman–Crippen LogP) is 2.12. The summed E-state index contributed by atoms with van der Waals surface area (Å²) in [4.78, 5) is 24.1. The first-order valence-corrected chi connectivity index (χ1v) is 6.35. The number of hydrogen-bond acceptors (Lipinski definition) is 4. The summed E-state index contributed by atoms with van der Waals surface area (Å²) in [6.07, 6.45) is -0.394. The van der Waals surface area contributed by atoms with Gasteiger partial charge >= 0.3 is 12.1 Å². The molecule has 0 aromatic carbocycles. The molecule has 0 aromatic heterocycles. The number of carboxylic acid groups (broad SMARTS) is 1. The van der Waals surface area contributed by atoms with Crippen LogP contribution in [0.1, 0.15) is 41.0 Å². The number of hydrogen-bond donors (Lipinski definition) is 1. The largest absolute Gasteiger partial charge is 0.480 e. The van der Waals surface area contributed by atoms with Crippen LogP contribution in [0.4, 0.5) is 4.79 Å². The number of rotatable bonds is 6. The van der Waals surface area contributed by atoms with E-state index >= 15 is 0 Å². The van der Waals surface area contributed by atoms with Gasteiger partial charge in [0, 0.05) is 20.1 Å². The highest BCUT2D eigenvalue weighted by atomic mass is 16.6. The van der Waals surface area contributed by atoms with Crippen LogP contribution >= 0.6 is 0 Å². The normalized spacial score (nSPS) is 13.2. The minimum atomic E-state index is -1.07. The van der Waals surface area contributed by atoms with Crippen LogP contribution in [-0.4, -0.2) is 53.5 Å². The molecule has 6 nitrogen and oxygen atoms in total. The van der Waals surface area contributed by atoms with Crippen molar-refractivity contribution >= 4 is 12.1 Å². The van der Waals surface area contributed by atoms with Crippen LogP contribution in [0, 0.1) is 0 Å². The van der Waals surface area contributed by atoms with Crippen LogP contribution in [0.3, 0.4) is 0 Å². The van der Waals surface area contributed by atoms with Gasteiger partial charge in [-0.3, -0.25) is 4.90 Å². The highest BCUT2D eigenvalue weighted by Gasteiger charge is 2.29. The molecule has 0 unspecified atom stereocenters. The first kappa shape index (κ1) is 17.7. The van der Waals surface area contributed by atoms with Crippen molar-refractivity contribution in [3.05, 3.63) is 0 Å². The Kier molecular flexibility index (Phi) is 6.83. The van der Waals surface area contributed by atoms with Gasteiger partial charge < -0.3 is 14.6 Å². The highest BCUT2D eigenvalue weighted by Crippen LogP contribution is 2.12. The second-order valence-corrected chi connectivity index (χ2v) is 5.65. The van der Waals surface area contributed by atoms with Crippen molar-refractivity contribution in [1.29, 1.82) is 0 Å². The number of nitrogens with zero attached hydrogens (tertiary/aromatic N) is 1. The number of carbonyl (C=O) groups is 2. The lowest BCUT2D eigenvalue weighted by molar-refractivity contribution is -0.143. The SMILES string of the molecule is CC(C)OCC[C@@H](C(=O)O)N(C)C(=O)OC(C)(C)C. The molecule has 6 heteroatoms. The molecule has 0 heterocycles.